The van der Waals surface area contributed by atoms with Crippen molar-refractivity contribution in [2.45, 2.75) is 19.9 Å². The molecule has 0 spiro atoms. The lowest BCUT2D eigenvalue weighted by atomic mass is 10.4. The summed E-state index contributed by atoms with van der Waals surface area (Å²) in [6, 6.07) is 0.311. The van der Waals surface area contributed by atoms with Gasteiger partial charge < -0.3 is 15.4 Å². The minimum absolute atomic E-state index is 0.311. The smallest absolute Gasteiger partial charge is 0.323 e. The van der Waals surface area contributed by atoms with Crippen LogP contribution in [0.15, 0.2) is 12.4 Å². The van der Waals surface area contributed by atoms with Crippen molar-refractivity contribution < 1.29 is 4.74 Å². The van der Waals surface area contributed by atoms with E-state index >= 15 is 0 Å². The summed E-state index contributed by atoms with van der Waals surface area (Å²) in [6.45, 7) is 3.90. The molecule has 0 unspecified atom stereocenters. The highest BCUT2D eigenvalue weighted by atomic mass is 16.5. The first kappa shape index (κ1) is 14.0. The first-order valence-electron chi connectivity index (χ1n) is 6.46. The standard InChI is InChI=1S/C11H18N8O/c1-3-20-11-16-9(12-2)15-10(17-11)13-5-4-7-19-8-6-14-18-19/h6,8H,3-5,7H2,1-2H3,(H2,12,13,15,16,17). The van der Waals surface area contributed by atoms with Crippen LogP contribution in [0.3, 0.4) is 0 Å². The van der Waals surface area contributed by atoms with E-state index in [1.54, 1.807) is 17.9 Å². The van der Waals surface area contributed by atoms with Gasteiger partial charge in [-0.05, 0) is 13.3 Å². The molecule has 2 aromatic rings. The number of rotatable bonds is 8. The number of hydrogen-bond acceptors (Lipinski definition) is 8. The molecular weight excluding hydrogens is 260 g/mol. The van der Waals surface area contributed by atoms with Gasteiger partial charge >= 0.3 is 6.01 Å². The molecule has 2 heterocycles. The Balaban J connectivity index is 1.86. The van der Waals surface area contributed by atoms with Gasteiger partial charge in [-0.2, -0.15) is 15.0 Å². The molecule has 0 saturated carbocycles. The summed E-state index contributed by atoms with van der Waals surface area (Å²) in [5.41, 5.74) is 0. The molecule has 2 aromatic heterocycles. The fourth-order valence-corrected chi connectivity index (χ4v) is 1.53. The summed E-state index contributed by atoms with van der Waals surface area (Å²) >= 11 is 0. The molecule has 0 aliphatic heterocycles. The largest absolute Gasteiger partial charge is 0.464 e. The Morgan fingerprint density at radius 2 is 2.10 bits per heavy atom. The number of aromatic nitrogens is 6. The monoisotopic (exact) mass is 278 g/mol. The van der Waals surface area contributed by atoms with Crippen molar-refractivity contribution in [2.24, 2.45) is 0 Å². The summed E-state index contributed by atoms with van der Waals surface area (Å²) in [4.78, 5) is 12.5. The average molecular weight is 278 g/mol. The SMILES string of the molecule is CCOc1nc(NC)nc(NCCCn2ccnn2)n1. The molecule has 0 aliphatic rings. The average Bonchev–Trinajstić information content (AvgIpc) is 2.97. The number of nitrogens with one attached hydrogen (secondary N) is 2. The summed E-state index contributed by atoms with van der Waals surface area (Å²) in [6.07, 6.45) is 4.37. The van der Waals surface area contributed by atoms with E-state index in [9.17, 15) is 0 Å². The molecule has 2 N–H and O–H groups in total. The predicted octanol–water partition coefficient (Wildman–Crippen LogP) is 0.406. The lowest BCUT2D eigenvalue weighted by molar-refractivity contribution is 0.312. The Labute approximate surface area is 116 Å². The van der Waals surface area contributed by atoms with Crippen molar-refractivity contribution in [2.75, 3.05) is 30.8 Å². The van der Waals surface area contributed by atoms with Crippen molar-refractivity contribution >= 4 is 11.9 Å². The summed E-state index contributed by atoms with van der Waals surface area (Å²) < 4.78 is 7.07. The van der Waals surface area contributed by atoms with Crippen molar-refractivity contribution in [3.63, 3.8) is 0 Å². The zero-order chi connectivity index (χ0) is 14.2. The zero-order valence-corrected chi connectivity index (χ0v) is 11.6. The Morgan fingerprint density at radius 1 is 1.25 bits per heavy atom. The van der Waals surface area contributed by atoms with Gasteiger partial charge in [0.05, 0.1) is 12.8 Å². The molecule has 0 aromatic carbocycles. The third-order valence-electron chi connectivity index (χ3n) is 2.43. The van der Waals surface area contributed by atoms with Crippen LogP contribution in [0.2, 0.25) is 0 Å². The van der Waals surface area contributed by atoms with Crippen molar-refractivity contribution in [1.29, 1.82) is 0 Å². The van der Waals surface area contributed by atoms with Crippen LogP contribution >= 0.6 is 0 Å². The van der Waals surface area contributed by atoms with Crippen LogP contribution in [0.1, 0.15) is 13.3 Å². The van der Waals surface area contributed by atoms with E-state index in [4.69, 9.17) is 4.74 Å². The van der Waals surface area contributed by atoms with Gasteiger partial charge in [-0.1, -0.05) is 5.21 Å². The number of anilines is 2. The van der Waals surface area contributed by atoms with Gasteiger partial charge in [-0.15, -0.1) is 5.10 Å². The molecule has 0 radical (unpaired) electrons. The van der Waals surface area contributed by atoms with E-state index in [1.807, 2.05) is 13.1 Å². The molecule has 20 heavy (non-hydrogen) atoms. The van der Waals surface area contributed by atoms with Crippen LogP contribution in [0, 0.1) is 0 Å². The molecule has 0 aliphatic carbocycles. The molecule has 9 heteroatoms. The Kier molecular flexibility index (Phi) is 5.04. The molecule has 0 atom stereocenters. The highest BCUT2D eigenvalue weighted by molar-refractivity contribution is 5.35. The maximum absolute atomic E-state index is 5.29. The maximum Gasteiger partial charge on any atom is 0.323 e. The minimum Gasteiger partial charge on any atom is -0.464 e. The second-order valence-corrected chi connectivity index (χ2v) is 3.89. The maximum atomic E-state index is 5.29. The second kappa shape index (κ2) is 7.22. The molecule has 0 amide bonds. The van der Waals surface area contributed by atoms with Crippen LogP contribution in [0.25, 0.3) is 0 Å². The van der Waals surface area contributed by atoms with E-state index in [1.165, 1.54) is 0 Å². The van der Waals surface area contributed by atoms with E-state index in [-0.39, 0.29) is 0 Å². The van der Waals surface area contributed by atoms with Gasteiger partial charge in [0.1, 0.15) is 0 Å². The van der Waals surface area contributed by atoms with E-state index in [0.29, 0.717) is 24.5 Å². The van der Waals surface area contributed by atoms with Gasteiger partial charge in [0, 0.05) is 26.3 Å². The molecule has 0 saturated heterocycles. The molecule has 0 fully saturated rings. The first-order chi connectivity index (χ1) is 9.81. The fraction of sp³-hybridized carbons (Fsp3) is 0.545. The van der Waals surface area contributed by atoms with Gasteiger partial charge in [-0.3, -0.25) is 4.68 Å². The number of ether oxygens (including phenoxy) is 1. The van der Waals surface area contributed by atoms with E-state index < -0.39 is 0 Å². The van der Waals surface area contributed by atoms with E-state index in [0.717, 1.165) is 19.5 Å². The Bertz CT molecular complexity index is 515. The second-order valence-electron chi connectivity index (χ2n) is 3.89. The Morgan fingerprint density at radius 3 is 2.80 bits per heavy atom. The van der Waals surface area contributed by atoms with Crippen LogP contribution in [0.5, 0.6) is 6.01 Å². The molecule has 9 nitrogen and oxygen atoms in total. The van der Waals surface area contributed by atoms with Crippen LogP contribution < -0.4 is 15.4 Å². The lowest BCUT2D eigenvalue weighted by Gasteiger charge is -2.08. The Hall–Kier alpha value is -2.45. The van der Waals surface area contributed by atoms with Gasteiger partial charge in [0.25, 0.3) is 0 Å². The number of hydrogen-bond donors (Lipinski definition) is 2. The van der Waals surface area contributed by atoms with Crippen LogP contribution in [-0.4, -0.2) is 50.1 Å². The van der Waals surface area contributed by atoms with Crippen LogP contribution in [-0.2, 0) is 6.54 Å². The molecule has 2 rings (SSSR count). The third-order valence-corrected chi connectivity index (χ3v) is 2.43. The fourth-order valence-electron chi connectivity index (χ4n) is 1.53. The van der Waals surface area contributed by atoms with Crippen molar-refractivity contribution in [3.8, 4) is 6.01 Å². The summed E-state index contributed by atoms with van der Waals surface area (Å²) in [5.74, 6) is 0.966. The quantitative estimate of drug-likeness (QED) is 0.669. The minimum atomic E-state index is 0.311. The highest BCUT2D eigenvalue weighted by Gasteiger charge is 2.05. The van der Waals surface area contributed by atoms with Gasteiger partial charge in [0.2, 0.25) is 11.9 Å². The highest BCUT2D eigenvalue weighted by Crippen LogP contribution is 2.10. The topological polar surface area (TPSA) is 103 Å². The summed E-state index contributed by atoms with van der Waals surface area (Å²) in [5, 5.41) is 13.7. The third kappa shape index (κ3) is 4.04. The van der Waals surface area contributed by atoms with Crippen molar-refractivity contribution in [1.82, 2.24) is 29.9 Å². The lowest BCUT2D eigenvalue weighted by Crippen LogP contribution is -2.12. The molecule has 0 bridgehead atoms. The van der Waals surface area contributed by atoms with Crippen molar-refractivity contribution in [3.05, 3.63) is 12.4 Å². The zero-order valence-electron chi connectivity index (χ0n) is 11.6. The normalized spacial score (nSPS) is 10.3. The first-order valence-corrected chi connectivity index (χ1v) is 6.46. The number of nitrogens with zero attached hydrogens (tertiary/aromatic N) is 6. The molecular formula is C11H18N8O. The van der Waals surface area contributed by atoms with E-state index in [2.05, 4.69) is 35.9 Å². The summed E-state index contributed by atoms with van der Waals surface area (Å²) in [7, 11) is 1.75. The predicted molar refractivity (Wildman–Crippen MR) is 73.7 cm³/mol. The van der Waals surface area contributed by atoms with Crippen LogP contribution in [0.4, 0.5) is 11.9 Å². The van der Waals surface area contributed by atoms with Gasteiger partial charge in [-0.25, -0.2) is 0 Å². The van der Waals surface area contributed by atoms with Gasteiger partial charge in [0.15, 0.2) is 0 Å². The molecule has 108 valence electrons. The number of aryl methyl sites for hydroxylation is 1.